The van der Waals surface area contributed by atoms with Gasteiger partial charge in [-0.15, -0.1) is 0 Å². The highest BCUT2D eigenvalue weighted by Gasteiger charge is 2.31. The summed E-state index contributed by atoms with van der Waals surface area (Å²) in [5, 5.41) is 37.4. The molecule has 0 spiro atoms. The molecular weight excluding hydrogens is 745 g/mol. The molecule has 4 amide bonds. The molecule has 14 nitrogen and oxygen atoms in total. The second-order valence-corrected chi connectivity index (χ2v) is 15.9. The van der Waals surface area contributed by atoms with Crippen molar-refractivity contribution in [2.45, 2.75) is 238 Å². The van der Waals surface area contributed by atoms with E-state index < -0.39 is 85.5 Å². The zero-order valence-corrected chi connectivity index (χ0v) is 36.1. The van der Waals surface area contributed by atoms with Crippen molar-refractivity contribution < 1.29 is 48.9 Å². The molecule has 0 unspecified atom stereocenters. The van der Waals surface area contributed by atoms with Crippen LogP contribution in [0, 0.1) is 0 Å². The van der Waals surface area contributed by atoms with Gasteiger partial charge in [0.05, 0.1) is 0 Å². The van der Waals surface area contributed by atoms with Crippen LogP contribution in [-0.4, -0.2) is 75.1 Å². The Morgan fingerprint density at radius 1 is 0.362 bits per heavy atom. The average molecular weight is 825 g/mol. The molecule has 0 rings (SSSR count). The van der Waals surface area contributed by atoms with Crippen molar-refractivity contribution in [3.63, 3.8) is 0 Å². The Kier molecular flexibility index (Phi) is 35.2. The number of carbonyl (C=O) groups excluding carboxylic acids is 4. The number of unbranched alkanes of at least 4 members (excludes halogenated alkanes) is 24. The fourth-order valence-electron chi connectivity index (χ4n) is 6.83. The molecule has 2 atom stereocenters. The highest BCUT2D eigenvalue weighted by atomic mass is 16.4. The number of aliphatic carboxylic acids is 3. The van der Waals surface area contributed by atoms with Crippen molar-refractivity contribution in [3.05, 3.63) is 0 Å². The van der Waals surface area contributed by atoms with E-state index in [1.54, 1.807) is 0 Å². The van der Waals surface area contributed by atoms with E-state index in [-0.39, 0.29) is 12.8 Å². The Morgan fingerprint density at radius 3 is 0.966 bits per heavy atom. The van der Waals surface area contributed by atoms with Gasteiger partial charge in [0.15, 0.2) is 6.17 Å². The van der Waals surface area contributed by atoms with E-state index in [9.17, 15) is 43.8 Å². The first-order chi connectivity index (χ1) is 27.9. The summed E-state index contributed by atoms with van der Waals surface area (Å²) in [5.74, 6) is -7.02. The van der Waals surface area contributed by atoms with E-state index in [1.807, 2.05) is 0 Å². The summed E-state index contributed by atoms with van der Waals surface area (Å²) in [4.78, 5) is 86.7. The van der Waals surface area contributed by atoms with Crippen LogP contribution >= 0.6 is 0 Å². The minimum atomic E-state index is -1.61. The van der Waals surface area contributed by atoms with Crippen LogP contribution in [0.15, 0.2) is 0 Å². The molecule has 0 aromatic carbocycles. The van der Waals surface area contributed by atoms with Crippen LogP contribution < -0.4 is 21.3 Å². The van der Waals surface area contributed by atoms with Crippen LogP contribution in [-0.2, 0) is 33.6 Å². The van der Waals surface area contributed by atoms with Gasteiger partial charge in [0.1, 0.15) is 12.1 Å². The van der Waals surface area contributed by atoms with Crippen molar-refractivity contribution >= 4 is 41.5 Å². The molecule has 0 saturated carbocycles. The molecular formula is C44H80N4O10. The lowest BCUT2D eigenvalue weighted by Crippen LogP contribution is -2.60. The first kappa shape index (κ1) is 54.3. The summed E-state index contributed by atoms with van der Waals surface area (Å²) in [6.07, 6.45) is 26.3. The average Bonchev–Trinajstić information content (AvgIpc) is 3.17. The SMILES string of the molecule is CCCCCCCCCCCCCCCC(=O)NC(NC(=O)CCCCCCCCCCCCCCC)C(=O)N[C@H](CCC(=O)O)C(=O)N[C@H](CCC(=O)O)C(=O)O. The molecule has 0 aromatic heterocycles. The molecule has 14 heteroatoms. The van der Waals surface area contributed by atoms with Gasteiger partial charge in [-0.1, -0.05) is 168 Å². The Bertz CT molecular complexity index is 1110. The summed E-state index contributed by atoms with van der Waals surface area (Å²) in [5.41, 5.74) is 0. The summed E-state index contributed by atoms with van der Waals surface area (Å²) < 4.78 is 0. The zero-order chi connectivity index (χ0) is 43.2. The van der Waals surface area contributed by atoms with E-state index >= 15 is 0 Å². The first-order valence-electron chi connectivity index (χ1n) is 22.8. The van der Waals surface area contributed by atoms with Crippen LogP contribution in [0.25, 0.3) is 0 Å². The number of carboxylic acid groups (broad SMARTS) is 3. The topological polar surface area (TPSA) is 228 Å². The lowest BCUT2D eigenvalue weighted by Gasteiger charge is -2.25. The van der Waals surface area contributed by atoms with Crippen molar-refractivity contribution in [3.8, 4) is 0 Å². The molecule has 0 aliphatic heterocycles. The molecule has 336 valence electrons. The minimum absolute atomic E-state index is 0.114. The predicted molar refractivity (Wildman–Crippen MR) is 226 cm³/mol. The van der Waals surface area contributed by atoms with Gasteiger partial charge < -0.3 is 36.6 Å². The Hall–Kier alpha value is -3.71. The summed E-state index contributed by atoms with van der Waals surface area (Å²) in [6.45, 7) is 4.44. The number of carboxylic acids is 3. The lowest BCUT2D eigenvalue weighted by atomic mass is 10.0. The highest BCUT2D eigenvalue weighted by Crippen LogP contribution is 2.15. The van der Waals surface area contributed by atoms with Crippen LogP contribution in [0.4, 0.5) is 0 Å². The van der Waals surface area contributed by atoms with Gasteiger partial charge in [-0.25, -0.2) is 4.79 Å². The molecule has 0 aromatic rings. The minimum Gasteiger partial charge on any atom is -0.481 e. The van der Waals surface area contributed by atoms with Crippen molar-refractivity contribution in [2.24, 2.45) is 0 Å². The zero-order valence-electron chi connectivity index (χ0n) is 36.1. The number of rotatable bonds is 41. The number of amides is 4. The summed E-state index contributed by atoms with van der Waals surface area (Å²) in [7, 11) is 0. The first-order valence-corrected chi connectivity index (χ1v) is 22.8. The van der Waals surface area contributed by atoms with Crippen LogP contribution in [0.3, 0.4) is 0 Å². The molecule has 7 N–H and O–H groups in total. The van der Waals surface area contributed by atoms with Crippen molar-refractivity contribution in [1.82, 2.24) is 21.3 Å². The van der Waals surface area contributed by atoms with Gasteiger partial charge in [-0.3, -0.25) is 28.8 Å². The molecule has 0 fully saturated rings. The molecule has 0 aliphatic rings. The van der Waals surface area contributed by atoms with Crippen LogP contribution in [0.5, 0.6) is 0 Å². The normalized spacial score (nSPS) is 12.1. The monoisotopic (exact) mass is 825 g/mol. The molecule has 0 radical (unpaired) electrons. The highest BCUT2D eigenvalue weighted by molar-refractivity contribution is 5.95. The second-order valence-electron chi connectivity index (χ2n) is 15.9. The lowest BCUT2D eigenvalue weighted by molar-refractivity contribution is -0.144. The maximum atomic E-state index is 13.5. The van der Waals surface area contributed by atoms with E-state index in [1.165, 1.54) is 103 Å². The largest absolute Gasteiger partial charge is 0.481 e. The smallest absolute Gasteiger partial charge is 0.326 e. The van der Waals surface area contributed by atoms with E-state index in [0.717, 1.165) is 51.4 Å². The van der Waals surface area contributed by atoms with Gasteiger partial charge in [-0.2, -0.15) is 0 Å². The van der Waals surface area contributed by atoms with Gasteiger partial charge >= 0.3 is 17.9 Å². The van der Waals surface area contributed by atoms with Crippen molar-refractivity contribution in [1.29, 1.82) is 0 Å². The molecule has 0 saturated heterocycles. The predicted octanol–water partition coefficient (Wildman–Crippen LogP) is 8.29. The summed E-state index contributed by atoms with van der Waals surface area (Å²) in [6, 6.07) is -3.16. The van der Waals surface area contributed by atoms with Crippen molar-refractivity contribution in [2.75, 3.05) is 0 Å². The molecule has 0 aliphatic carbocycles. The van der Waals surface area contributed by atoms with E-state index in [0.29, 0.717) is 12.8 Å². The number of nitrogens with one attached hydrogen (secondary N) is 4. The van der Waals surface area contributed by atoms with Gasteiger partial charge in [0.2, 0.25) is 17.7 Å². The molecule has 0 heterocycles. The standard InChI is InChI=1S/C44H80N4O10/c1-3-5-7-9-11-13-15-17-19-21-23-25-27-29-37(49)47-41(48-38(50)30-28-26-24-22-20-18-16-14-12-10-8-6-4-2)43(56)45-35(31-33-39(51)52)42(55)46-36(44(57)58)32-34-40(53)54/h35-36,41H,3-34H2,1-2H3,(H,45,56)(H,46,55)(H,47,49)(H,48,50)(H,51,52)(H,53,54)(H,57,58)/t35-,36-/m1/s1. The number of hydrogen-bond acceptors (Lipinski definition) is 7. The fraction of sp³-hybridized carbons (Fsp3) is 0.841. The maximum absolute atomic E-state index is 13.5. The Balaban J connectivity index is 5.19. The quantitative estimate of drug-likeness (QED) is 0.0230. The fourth-order valence-corrected chi connectivity index (χ4v) is 6.83. The van der Waals surface area contributed by atoms with Gasteiger partial charge in [-0.05, 0) is 25.7 Å². The van der Waals surface area contributed by atoms with Crippen LogP contribution in [0.1, 0.15) is 219 Å². The number of carbonyl (C=O) groups is 7. The third-order valence-corrected chi connectivity index (χ3v) is 10.4. The van der Waals surface area contributed by atoms with Crippen LogP contribution in [0.2, 0.25) is 0 Å². The molecule has 58 heavy (non-hydrogen) atoms. The third-order valence-electron chi connectivity index (χ3n) is 10.4. The number of hydrogen-bond donors (Lipinski definition) is 7. The van der Waals surface area contributed by atoms with Gasteiger partial charge in [0.25, 0.3) is 5.91 Å². The third kappa shape index (κ3) is 33.3. The Morgan fingerprint density at radius 2 is 0.655 bits per heavy atom. The van der Waals surface area contributed by atoms with E-state index in [2.05, 4.69) is 35.1 Å². The maximum Gasteiger partial charge on any atom is 0.326 e. The second kappa shape index (κ2) is 37.6. The molecule has 0 bridgehead atoms. The van der Waals surface area contributed by atoms with E-state index in [4.69, 9.17) is 5.11 Å². The van der Waals surface area contributed by atoms with Gasteiger partial charge in [0, 0.05) is 25.7 Å². The Labute approximate surface area is 348 Å². The summed E-state index contributed by atoms with van der Waals surface area (Å²) >= 11 is 0.